The van der Waals surface area contributed by atoms with E-state index in [1.54, 1.807) is 6.20 Å². The molecular formula is C13H16N2O2. The van der Waals surface area contributed by atoms with Gasteiger partial charge < -0.3 is 14.9 Å². The molecule has 2 rings (SSSR count). The molecule has 1 heterocycles. The first-order valence-electron chi connectivity index (χ1n) is 5.55. The first-order chi connectivity index (χ1) is 8.06. The maximum atomic E-state index is 5.67. The van der Waals surface area contributed by atoms with Crippen molar-refractivity contribution in [3.05, 3.63) is 30.0 Å². The van der Waals surface area contributed by atoms with Gasteiger partial charge in [0.15, 0.2) is 5.76 Å². The molecule has 2 N–H and O–H groups in total. The summed E-state index contributed by atoms with van der Waals surface area (Å²) in [5, 5.41) is 0. The van der Waals surface area contributed by atoms with Gasteiger partial charge in [-0.3, -0.25) is 0 Å². The highest BCUT2D eigenvalue weighted by Gasteiger charge is 2.08. The van der Waals surface area contributed by atoms with Crippen LogP contribution in [-0.4, -0.2) is 11.1 Å². The molecule has 0 bridgehead atoms. The minimum Gasteiger partial charge on any atom is -0.491 e. The molecule has 0 unspecified atom stereocenters. The van der Waals surface area contributed by atoms with Crippen molar-refractivity contribution in [2.75, 3.05) is 5.73 Å². The van der Waals surface area contributed by atoms with Crippen LogP contribution >= 0.6 is 0 Å². The van der Waals surface area contributed by atoms with Gasteiger partial charge in [0, 0.05) is 5.56 Å². The normalized spacial score (nSPS) is 10.8. The molecule has 0 spiro atoms. The van der Waals surface area contributed by atoms with E-state index in [9.17, 15) is 0 Å². The Balaban J connectivity index is 2.30. The van der Waals surface area contributed by atoms with Crippen molar-refractivity contribution in [1.29, 1.82) is 0 Å². The second-order valence-corrected chi connectivity index (χ2v) is 4.21. The molecule has 90 valence electrons. The number of aromatic nitrogens is 1. The van der Waals surface area contributed by atoms with Gasteiger partial charge in [-0.15, -0.1) is 0 Å². The quantitative estimate of drug-likeness (QED) is 0.883. The summed E-state index contributed by atoms with van der Waals surface area (Å²) in [5.74, 6) is 1.55. The van der Waals surface area contributed by atoms with Gasteiger partial charge in [0.25, 0.3) is 6.01 Å². The van der Waals surface area contributed by atoms with Crippen LogP contribution in [0.1, 0.15) is 19.4 Å². The minimum absolute atomic E-state index is 0.167. The molecule has 2 aromatic rings. The third kappa shape index (κ3) is 2.58. The largest absolute Gasteiger partial charge is 0.491 e. The number of oxazole rings is 1. The number of aryl methyl sites for hydroxylation is 1. The van der Waals surface area contributed by atoms with Crippen molar-refractivity contribution in [3.63, 3.8) is 0 Å². The van der Waals surface area contributed by atoms with E-state index in [1.165, 1.54) is 0 Å². The molecule has 0 atom stereocenters. The lowest BCUT2D eigenvalue weighted by Crippen LogP contribution is -2.06. The second kappa shape index (κ2) is 4.49. The lowest BCUT2D eigenvalue weighted by Gasteiger charge is -2.12. The van der Waals surface area contributed by atoms with E-state index in [0.29, 0.717) is 5.76 Å². The summed E-state index contributed by atoms with van der Waals surface area (Å²) >= 11 is 0. The zero-order valence-corrected chi connectivity index (χ0v) is 10.2. The fraction of sp³-hybridized carbons (Fsp3) is 0.308. The van der Waals surface area contributed by atoms with Gasteiger partial charge in [-0.2, -0.15) is 0 Å². The maximum absolute atomic E-state index is 5.67. The molecule has 1 aromatic heterocycles. The Morgan fingerprint density at radius 3 is 2.65 bits per heavy atom. The minimum atomic E-state index is 0.167. The third-order valence-electron chi connectivity index (χ3n) is 2.35. The van der Waals surface area contributed by atoms with Gasteiger partial charge in [-0.1, -0.05) is 0 Å². The van der Waals surface area contributed by atoms with Crippen molar-refractivity contribution < 1.29 is 9.15 Å². The van der Waals surface area contributed by atoms with Gasteiger partial charge in [0.2, 0.25) is 0 Å². The average Bonchev–Trinajstić information content (AvgIpc) is 2.67. The van der Waals surface area contributed by atoms with Gasteiger partial charge >= 0.3 is 0 Å². The van der Waals surface area contributed by atoms with Gasteiger partial charge in [0.1, 0.15) is 5.75 Å². The molecule has 0 saturated heterocycles. The van der Waals surface area contributed by atoms with Crippen molar-refractivity contribution in [2.45, 2.75) is 26.9 Å². The molecule has 0 aliphatic heterocycles. The number of nitrogens with zero attached hydrogens (tertiary/aromatic N) is 1. The monoisotopic (exact) mass is 232 g/mol. The van der Waals surface area contributed by atoms with Crippen molar-refractivity contribution in [2.24, 2.45) is 0 Å². The summed E-state index contributed by atoms with van der Waals surface area (Å²) < 4.78 is 10.9. The molecule has 4 heteroatoms. The van der Waals surface area contributed by atoms with Gasteiger partial charge in [-0.25, -0.2) is 4.98 Å². The van der Waals surface area contributed by atoms with Crippen molar-refractivity contribution >= 4 is 6.01 Å². The predicted octanol–water partition coefficient (Wildman–Crippen LogP) is 3.02. The number of nitrogens with two attached hydrogens (primary N) is 1. The van der Waals surface area contributed by atoms with Crippen LogP contribution in [0.4, 0.5) is 6.01 Å². The Morgan fingerprint density at radius 2 is 2.12 bits per heavy atom. The van der Waals surface area contributed by atoms with Crippen LogP contribution in [0.25, 0.3) is 11.3 Å². The first kappa shape index (κ1) is 11.5. The van der Waals surface area contributed by atoms with E-state index in [0.717, 1.165) is 16.9 Å². The molecule has 0 fully saturated rings. The van der Waals surface area contributed by atoms with E-state index >= 15 is 0 Å². The smallest absolute Gasteiger partial charge is 0.292 e. The Labute approximate surface area is 100 Å². The zero-order valence-electron chi connectivity index (χ0n) is 10.2. The fourth-order valence-corrected chi connectivity index (χ4v) is 1.61. The number of hydrogen-bond acceptors (Lipinski definition) is 4. The summed E-state index contributed by atoms with van der Waals surface area (Å²) in [6, 6.07) is 6.05. The number of hydrogen-bond donors (Lipinski definition) is 1. The van der Waals surface area contributed by atoms with Gasteiger partial charge in [-0.05, 0) is 44.5 Å². The molecule has 0 aliphatic rings. The molecule has 17 heavy (non-hydrogen) atoms. The highest BCUT2D eigenvalue weighted by atomic mass is 16.5. The summed E-state index contributed by atoms with van der Waals surface area (Å²) in [6.07, 6.45) is 1.79. The standard InChI is InChI=1S/C13H16N2O2/c1-8(2)16-11-5-4-10(6-9(11)3)12-7-15-13(14)17-12/h4-8H,1-3H3,(H2,14,15). The molecule has 0 aliphatic carbocycles. The van der Waals surface area contributed by atoms with Crippen LogP contribution in [0.15, 0.2) is 28.8 Å². The number of benzene rings is 1. The van der Waals surface area contributed by atoms with E-state index < -0.39 is 0 Å². The number of rotatable bonds is 3. The zero-order chi connectivity index (χ0) is 12.4. The maximum Gasteiger partial charge on any atom is 0.292 e. The highest BCUT2D eigenvalue weighted by Crippen LogP contribution is 2.27. The summed E-state index contributed by atoms with van der Waals surface area (Å²) in [6.45, 7) is 6.01. The van der Waals surface area contributed by atoms with E-state index in [-0.39, 0.29) is 12.1 Å². The van der Waals surface area contributed by atoms with Crippen LogP contribution in [0.3, 0.4) is 0 Å². The van der Waals surface area contributed by atoms with E-state index in [4.69, 9.17) is 14.9 Å². The summed E-state index contributed by atoms with van der Waals surface area (Å²) in [4.78, 5) is 3.87. The molecule has 0 radical (unpaired) electrons. The molecule has 0 saturated carbocycles. The average molecular weight is 232 g/mol. The van der Waals surface area contributed by atoms with Gasteiger partial charge in [0.05, 0.1) is 12.3 Å². The number of ether oxygens (including phenoxy) is 1. The Bertz CT molecular complexity index is 518. The summed E-state index contributed by atoms with van der Waals surface area (Å²) in [7, 11) is 0. The molecular weight excluding hydrogens is 216 g/mol. The highest BCUT2D eigenvalue weighted by molar-refractivity contribution is 5.60. The SMILES string of the molecule is Cc1cc(-c2cnc(N)o2)ccc1OC(C)C. The Morgan fingerprint density at radius 1 is 1.35 bits per heavy atom. The van der Waals surface area contributed by atoms with E-state index in [1.807, 2.05) is 39.0 Å². The lowest BCUT2D eigenvalue weighted by molar-refractivity contribution is 0.241. The molecule has 4 nitrogen and oxygen atoms in total. The number of nitrogen functional groups attached to an aromatic ring is 1. The first-order valence-corrected chi connectivity index (χ1v) is 5.55. The predicted molar refractivity (Wildman–Crippen MR) is 66.9 cm³/mol. The molecule has 1 aromatic carbocycles. The van der Waals surface area contributed by atoms with Crippen molar-refractivity contribution in [3.8, 4) is 17.1 Å². The van der Waals surface area contributed by atoms with E-state index in [2.05, 4.69) is 4.98 Å². The van der Waals surface area contributed by atoms with Crippen LogP contribution < -0.4 is 10.5 Å². The molecule has 0 amide bonds. The van der Waals surface area contributed by atoms with Crippen LogP contribution in [-0.2, 0) is 0 Å². The topological polar surface area (TPSA) is 61.3 Å². The van der Waals surface area contributed by atoms with Crippen LogP contribution in [0.5, 0.6) is 5.75 Å². The fourth-order valence-electron chi connectivity index (χ4n) is 1.61. The van der Waals surface area contributed by atoms with Crippen LogP contribution in [0, 0.1) is 6.92 Å². The summed E-state index contributed by atoms with van der Waals surface area (Å²) in [5.41, 5.74) is 7.46. The lowest BCUT2D eigenvalue weighted by atomic mass is 10.1. The third-order valence-corrected chi connectivity index (χ3v) is 2.35. The Kier molecular flexibility index (Phi) is 3.04. The second-order valence-electron chi connectivity index (χ2n) is 4.21. The van der Waals surface area contributed by atoms with Crippen LogP contribution in [0.2, 0.25) is 0 Å². The van der Waals surface area contributed by atoms with Crippen molar-refractivity contribution in [1.82, 2.24) is 4.98 Å². The Hall–Kier alpha value is -1.97. The number of anilines is 1.